The first-order valence-corrected chi connectivity index (χ1v) is 5.83. The van der Waals surface area contributed by atoms with Gasteiger partial charge in [-0.15, -0.1) is 0 Å². The van der Waals surface area contributed by atoms with Crippen molar-refractivity contribution in [2.45, 2.75) is 19.3 Å². The number of nitrogens with zero attached hydrogens (tertiary/aromatic N) is 1. The van der Waals surface area contributed by atoms with Crippen molar-refractivity contribution in [2.75, 3.05) is 11.4 Å². The Morgan fingerprint density at radius 2 is 2.06 bits per heavy atom. The van der Waals surface area contributed by atoms with Crippen molar-refractivity contribution in [2.24, 2.45) is 5.92 Å². The Kier molecular flexibility index (Phi) is 2.24. The average Bonchev–Trinajstić information content (AvgIpc) is 3.10. The number of hydrogen-bond donors (Lipinski definition) is 0. The van der Waals surface area contributed by atoms with Crippen LogP contribution in [-0.4, -0.2) is 18.2 Å². The molecule has 0 spiro atoms. The molecule has 3 rings (SSSR count). The van der Waals surface area contributed by atoms with Crippen LogP contribution in [0.25, 0.3) is 0 Å². The molecule has 2 aliphatic rings. The molecule has 0 unspecified atom stereocenters. The van der Waals surface area contributed by atoms with Crippen molar-refractivity contribution >= 4 is 17.4 Å². The molecule has 88 valence electrons. The second kappa shape index (κ2) is 3.65. The molecule has 0 saturated heterocycles. The summed E-state index contributed by atoms with van der Waals surface area (Å²) in [7, 11) is 0. The number of Topliss-reactive ketones (excluding diaryl/α,β-unsaturated/α-hetero) is 1. The van der Waals surface area contributed by atoms with Gasteiger partial charge in [0.1, 0.15) is 5.82 Å². The molecule has 0 radical (unpaired) electrons. The maximum absolute atomic E-state index is 13.7. The molecule has 0 atom stereocenters. The number of carbonyl (C=O) groups excluding carboxylic acids is 2. The normalized spacial score (nSPS) is 18.8. The summed E-state index contributed by atoms with van der Waals surface area (Å²) in [5.41, 5.74) is 0.369. The van der Waals surface area contributed by atoms with Gasteiger partial charge in [0.15, 0.2) is 0 Å². The van der Waals surface area contributed by atoms with Gasteiger partial charge >= 0.3 is 0 Å². The Hall–Kier alpha value is -1.71. The molecular formula is C13H12FNO2. The SMILES string of the molecule is O=C1C(=O)N(CCC2CC2)c2c(F)cccc21. The minimum absolute atomic E-state index is 0.170. The Balaban J connectivity index is 1.93. The zero-order valence-corrected chi connectivity index (χ0v) is 9.28. The van der Waals surface area contributed by atoms with Crippen LogP contribution in [0.3, 0.4) is 0 Å². The first kappa shape index (κ1) is 10.4. The Morgan fingerprint density at radius 3 is 2.76 bits per heavy atom. The van der Waals surface area contributed by atoms with Gasteiger partial charge in [0.2, 0.25) is 0 Å². The largest absolute Gasteiger partial charge is 0.302 e. The summed E-state index contributed by atoms with van der Waals surface area (Å²) in [4.78, 5) is 24.7. The van der Waals surface area contributed by atoms with Crippen LogP contribution in [0.5, 0.6) is 0 Å². The minimum atomic E-state index is -0.592. The smallest absolute Gasteiger partial charge is 0.299 e. The second-order valence-electron chi connectivity index (χ2n) is 4.65. The number of halogens is 1. The van der Waals surface area contributed by atoms with Crippen LogP contribution in [0, 0.1) is 11.7 Å². The van der Waals surface area contributed by atoms with E-state index < -0.39 is 17.5 Å². The molecule has 0 N–H and O–H groups in total. The number of ketones is 1. The fraction of sp³-hybridized carbons (Fsp3) is 0.385. The summed E-state index contributed by atoms with van der Waals surface area (Å²) in [6.07, 6.45) is 3.22. The van der Waals surface area contributed by atoms with Crippen molar-refractivity contribution in [1.82, 2.24) is 0 Å². The molecule has 0 aromatic heterocycles. The van der Waals surface area contributed by atoms with Gasteiger partial charge in [-0.2, -0.15) is 0 Å². The van der Waals surface area contributed by atoms with E-state index >= 15 is 0 Å². The Labute approximate surface area is 98.2 Å². The summed E-state index contributed by atoms with van der Waals surface area (Å²) in [6, 6.07) is 4.26. The molecule has 1 aromatic carbocycles. The molecule has 1 amide bonds. The van der Waals surface area contributed by atoms with Crippen molar-refractivity contribution < 1.29 is 14.0 Å². The highest BCUT2D eigenvalue weighted by atomic mass is 19.1. The standard InChI is InChI=1S/C13H12FNO2/c14-10-3-1-2-9-11(10)15(13(17)12(9)16)7-6-8-4-5-8/h1-3,8H,4-7H2. The van der Waals surface area contributed by atoms with E-state index in [0.29, 0.717) is 12.5 Å². The monoisotopic (exact) mass is 233 g/mol. The highest BCUT2D eigenvalue weighted by molar-refractivity contribution is 6.52. The maximum Gasteiger partial charge on any atom is 0.299 e. The van der Waals surface area contributed by atoms with Gasteiger partial charge in [-0.3, -0.25) is 9.59 Å². The van der Waals surface area contributed by atoms with E-state index in [4.69, 9.17) is 0 Å². The molecule has 1 heterocycles. The third kappa shape index (κ3) is 1.64. The topological polar surface area (TPSA) is 37.4 Å². The Bertz CT molecular complexity index is 508. The van der Waals surface area contributed by atoms with Crippen molar-refractivity contribution in [1.29, 1.82) is 0 Å². The van der Waals surface area contributed by atoms with E-state index in [2.05, 4.69) is 0 Å². The van der Waals surface area contributed by atoms with E-state index in [9.17, 15) is 14.0 Å². The lowest BCUT2D eigenvalue weighted by atomic mass is 10.1. The zero-order chi connectivity index (χ0) is 12.0. The number of hydrogen-bond acceptors (Lipinski definition) is 2. The van der Waals surface area contributed by atoms with Crippen LogP contribution in [0.1, 0.15) is 29.6 Å². The molecule has 1 aromatic rings. The van der Waals surface area contributed by atoms with Crippen LogP contribution in [0.4, 0.5) is 10.1 Å². The predicted octanol–water partition coefficient (Wildman–Crippen LogP) is 2.16. The number of anilines is 1. The molecule has 3 nitrogen and oxygen atoms in total. The third-order valence-electron chi connectivity index (χ3n) is 3.40. The predicted molar refractivity (Wildman–Crippen MR) is 60.4 cm³/mol. The summed E-state index contributed by atoms with van der Waals surface area (Å²) in [5.74, 6) is -1.02. The van der Waals surface area contributed by atoms with Crippen molar-refractivity contribution in [3.63, 3.8) is 0 Å². The molecule has 1 aliphatic heterocycles. The number of amides is 1. The van der Waals surface area contributed by atoms with Gasteiger partial charge in [0.25, 0.3) is 11.7 Å². The molecule has 1 aliphatic carbocycles. The van der Waals surface area contributed by atoms with E-state index in [-0.39, 0.29) is 11.3 Å². The lowest BCUT2D eigenvalue weighted by Crippen LogP contribution is -2.31. The lowest BCUT2D eigenvalue weighted by molar-refractivity contribution is -0.114. The van der Waals surface area contributed by atoms with E-state index in [1.54, 1.807) is 0 Å². The molecular weight excluding hydrogens is 221 g/mol. The number of benzene rings is 1. The van der Waals surface area contributed by atoms with Gasteiger partial charge in [-0.25, -0.2) is 4.39 Å². The van der Waals surface area contributed by atoms with Gasteiger partial charge in [0, 0.05) is 6.54 Å². The van der Waals surface area contributed by atoms with E-state index in [1.807, 2.05) is 0 Å². The van der Waals surface area contributed by atoms with Crippen LogP contribution in [0.2, 0.25) is 0 Å². The first-order chi connectivity index (χ1) is 8.18. The van der Waals surface area contributed by atoms with Crippen LogP contribution < -0.4 is 4.90 Å². The quantitative estimate of drug-likeness (QED) is 0.750. The number of para-hydroxylation sites is 1. The number of fused-ring (bicyclic) bond motifs is 1. The minimum Gasteiger partial charge on any atom is -0.302 e. The summed E-state index contributed by atoms with van der Waals surface area (Å²) in [6.45, 7) is 0.448. The lowest BCUT2D eigenvalue weighted by Gasteiger charge is -2.16. The molecule has 0 bridgehead atoms. The van der Waals surface area contributed by atoms with Crippen molar-refractivity contribution in [3.05, 3.63) is 29.6 Å². The number of carbonyl (C=O) groups is 2. The van der Waals surface area contributed by atoms with Gasteiger partial charge < -0.3 is 4.90 Å². The molecule has 4 heteroatoms. The van der Waals surface area contributed by atoms with Crippen molar-refractivity contribution in [3.8, 4) is 0 Å². The fourth-order valence-corrected chi connectivity index (χ4v) is 2.24. The highest BCUT2D eigenvalue weighted by Gasteiger charge is 2.38. The first-order valence-electron chi connectivity index (χ1n) is 5.83. The third-order valence-corrected chi connectivity index (χ3v) is 3.40. The van der Waals surface area contributed by atoms with E-state index in [0.717, 1.165) is 6.42 Å². The fourth-order valence-electron chi connectivity index (χ4n) is 2.24. The Morgan fingerprint density at radius 1 is 1.29 bits per heavy atom. The van der Waals surface area contributed by atoms with Gasteiger partial charge in [-0.05, 0) is 24.5 Å². The average molecular weight is 233 g/mol. The summed E-state index contributed by atoms with van der Waals surface area (Å²) < 4.78 is 13.7. The summed E-state index contributed by atoms with van der Waals surface area (Å²) >= 11 is 0. The zero-order valence-electron chi connectivity index (χ0n) is 9.28. The van der Waals surface area contributed by atoms with E-state index in [1.165, 1.54) is 35.9 Å². The van der Waals surface area contributed by atoms with Crippen LogP contribution in [-0.2, 0) is 4.79 Å². The van der Waals surface area contributed by atoms with Crippen LogP contribution in [0.15, 0.2) is 18.2 Å². The molecule has 1 saturated carbocycles. The van der Waals surface area contributed by atoms with Crippen LogP contribution >= 0.6 is 0 Å². The highest BCUT2D eigenvalue weighted by Crippen LogP contribution is 2.36. The van der Waals surface area contributed by atoms with Gasteiger partial charge in [0.05, 0.1) is 11.3 Å². The summed E-state index contributed by atoms with van der Waals surface area (Å²) in [5, 5.41) is 0. The molecule has 17 heavy (non-hydrogen) atoms. The van der Waals surface area contributed by atoms with Gasteiger partial charge in [-0.1, -0.05) is 18.9 Å². The second-order valence-corrected chi connectivity index (χ2v) is 4.65. The maximum atomic E-state index is 13.7. The molecule has 1 fully saturated rings. The number of rotatable bonds is 3.